The van der Waals surface area contributed by atoms with Gasteiger partial charge >= 0.3 is 0 Å². The van der Waals surface area contributed by atoms with E-state index in [0.29, 0.717) is 5.69 Å². The topological polar surface area (TPSA) is 50.9 Å². The molecule has 0 amide bonds. The smallest absolute Gasteiger partial charge is 0.154 e. The molecule has 1 radical (unpaired) electrons. The summed E-state index contributed by atoms with van der Waals surface area (Å²) in [5.74, 6) is 0.717. The molecule has 0 bridgehead atoms. The first-order valence-corrected chi connectivity index (χ1v) is 5.99. The molecule has 3 N–H and O–H groups in total. The van der Waals surface area contributed by atoms with Crippen molar-refractivity contribution in [1.82, 2.24) is 4.98 Å². The Labute approximate surface area is 108 Å². The second kappa shape index (κ2) is 5.08. The molecule has 0 aliphatic rings. The summed E-state index contributed by atoms with van der Waals surface area (Å²) in [4.78, 5) is 4.42. The van der Waals surface area contributed by atoms with Gasteiger partial charge in [-0.3, -0.25) is 0 Å². The van der Waals surface area contributed by atoms with Gasteiger partial charge in [-0.25, -0.2) is 4.98 Å². The van der Waals surface area contributed by atoms with Gasteiger partial charge in [-0.05, 0) is 56.5 Å². The molecule has 0 spiro atoms. The van der Waals surface area contributed by atoms with Crippen LogP contribution in [0.25, 0.3) is 0 Å². The maximum atomic E-state index is 6.02. The van der Waals surface area contributed by atoms with E-state index in [1.807, 2.05) is 44.2 Å². The molecule has 0 saturated heterocycles. The van der Waals surface area contributed by atoms with Gasteiger partial charge in [0.15, 0.2) is 5.82 Å². The molecule has 3 heteroatoms. The summed E-state index contributed by atoms with van der Waals surface area (Å²) in [6, 6.07) is 10.1. The summed E-state index contributed by atoms with van der Waals surface area (Å²) in [5.41, 5.74) is 10.9. The number of hydrogen-bond acceptors (Lipinski definition) is 3. The zero-order valence-corrected chi connectivity index (χ0v) is 10.8. The Morgan fingerprint density at radius 3 is 2.50 bits per heavy atom. The lowest BCUT2D eigenvalue weighted by atomic mass is 10.1. The Morgan fingerprint density at radius 2 is 1.89 bits per heavy atom. The zero-order valence-electron chi connectivity index (χ0n) is 10.8. The van der Waals surface area contributed by atoms with Crippen LogP contribution in [0.4, 0.5) is 17.2 Å². The normalized spacial score (nSPS) is 10.4. The predicted molar refractivity (Wildman–Crippen MR) is 76.9 cm³/mol. The maximum absolute atomic E-state index is 6.02. The van der Waals surface area contributed by atoms with Gasteiger partial charge in [0.1, 0.15) is 0 Å². The van der Waals surface area contributed by atoms with Crippen LogP contribution in [-0.4, -0.2) is 4.98 Å². The van der Waals surface area contributed by atoms with E-state index in [1.54, 1.807) is 0 Å². The Balaban J connectivity index is 2.27. The molecule has 2 rings (SSSR count). The fourth-order valence-electron chi connectivity index (χ4n) is 1.83. The summed E-state index contributed by atoms with van der Waals surface area (Å²) in [6.45, 7) is 7.80. The van der Waals surface area contributed by atoms with Crippen LogP contribution in [0.1, 0.15) is 16.8 Å². The molecule has 0 fully saturated rings. The summed E-state index contributed by atoms with van der Waals surface area (Å²) in [5, 5.41) is 3.25. The van der Waals surface area contributed by atoms with Gasteiger partial charge in [0.05, 0.1) is 5.69 Å². The number of aryl methyl sites for hydroxylation is 2. The van der Waals surface area contributed by atoms with E-state index in [9.17, 15) is 0 Å². The van der Waals surface area contributed by atoms with E-state index in [1.165, 1.54) is 5.56 Å². The van der Waals surface area contributed by atoms with E-state index in [-0.39, 0.29) is 0 Å². The SMILES string of the molecule is [CH2]Cc1ccc(Nc2nc(C)cc(C)c2N)cc1. The van der Waals surface area contributed by atoms with Crippen molar-refractivity contribution in [2.24, 2.45) is 0 Å². The van der Waals surface area contributed by atoms with Crippen LogP contribution in [-0.2, 0) is 6.42 Å². The molecule has 18 heavy (non-hydrogen) atoms. The van der Waals surface area contributed by atoms with Crippen molar-refractivity contribution < 1.29 is 0 Å². The van der Waals surface area contributed by atoms with Gasteiger partial charge in [-0.15, -0.1) is 0 Å². The van der Waals surface area contributed by atoms with Crippen molar-refractivity contribution in [3.05, 3.63) is 54.1 Å². The van der Waals surface area contributed by atoms with Gasteiger partial charge < -0.3 is 11.1 Å². The Kier molecular flexibility index (Phi) is 3.51. The molecular weight excluding hydrogens is 222 g/mol. The summed E-state index contributed by atoms with van der Waals surface area (Å²) in [6.07, 6.45) is 0.796. The number of rotatable bonds is 3. The largest absolute Gasteiger partial charge is 0.396 e. The summed E-state index contributed by atoms with van der Waals surface area (Å²) >= 11 is 0. The van der Waals surface area contributed by atoms with Crippen molar-refractivity contribution >= 4 is 17.2 Å². The summed E-state index contributed by atoms with van der Waals surface area (Å²) < 4.78 is 0. The van der Waals surface area contributed by atoms with E-state index < -0.39 is 0 Å². The lowest BCUT2D eigenvalue weighted by molar-refractivity contribution is 1.18. The van der Waals surface area contributed by atoms with Gasteiger partial charge in [0.2, 0.25) is 0 Å². The lowest BCUT2D eigenvalue weighted by Gasteiger charge is -2.11. The highest BCUT2D eigenvalue weighted by Gasteiger charge is 2.05. The van der Waals surface area contributed by atoms with Crippen LogP contribution in [0.2, 0.25) is 0 Å². The summed E-state index contributed by atoms with van der Waals surface area (Å²) in [7, 11) is 0. The van der Waals surface area contributed by atoms with Crippen LogP contribution < -0.4 is 11.1 Å². The second-order valence-corrected chi connectivity index (χ2v) is 4.41. The first-order valence-electron chi connectivity index (χ1n) is 5.99. The third-order valence-electron chi connectivity index (χ3n) is 2.90. The second-order valence-electron chi connectivity index (χ2n) is 4.41. The minimum absolute atomic E-state index is 0.696. The van der Waals surface area contributed by atoms with Crippen molar-refractivity contribution in [3.63, 3.8) is 0 Å². The van der Waals surface area contributed by atoms with Crippen molar-refractivity contribution in [3.8, 4) is 0 Å². The van der Waals surface area contributed by atoms with Crippen LogP contribution in [0.3, 0.4) is 0 Å². The zero-order chi connectivity index (χ0) is 13.1. The Hall–Kier alpha value is -2.03. The average molecular weight is 240 g/mol. The average Bonchev–Trinajstić information content (AvgIpc) is 2.36. The minimum atomic E-state index is 0.696. The van der Waals surface area contributed by atoms with Crippen LogP contribution in [0, 0.1) is 20.8 Å². The van der Waals surface area contributed by atoms with Crippen LogP contribution in [0.15, 0.2) is 30.3 Å². The van der Waals surface area contributed by atoms with Crippen molar-refractivity contribution in [1.29, 1.82) is 0 Å². The standard InChI is InChI=1S/C15H18N3/c1-4-12-5-7-13(8-6-12)18-15-14(16)10(2)9-11(3)17-15/h5-9H,1,4,16H2,2-3H3,(H,17,18). The quantitative estimate of drug-likeness (QED) is 0.864. The molecule has 3 nitrogen and oxygen atoms in total. The fraction of sp³-hybridized carbons (Fsp3) is 0.200. The molecule has 0 unspecified atom stereocenters. The van der Waals surface area contributed by atoms with E-state index >= 15 is 0 Å². The number of nitrogens with zero attached hydrogens (tertiary/aromatic N) is 1. The molecular formula is C15H18N3. The number of nitrogens with one attached hydrogen (secondary N) is 1. The number of pyridine rings is 1. The number of benzene rings is 1. The lowest BCUT2D eigenvalue weighted by Crippen LogP contribution is -2.02. The van der Waals surface area contributed by atoms with Gasteiger partial charge in [-0.1, -0.05) is 12.1 Å². The third-order valence-corrected chi connectivity index (χ3v) is 2.90. The van der Waals surface area contributed by atoms with Gasteiger partial charge in [0, 0.05) is 11.4 Å². The van der Waals surface area contributed by atoms with Crippen LogP contribution in [0.5, 0.6) is 0 Å². The highest BCUT2D eigenvalue weighted by atomic mass is 15.0. The number of hydrogen-bond donors (Lipinski definition) is 2. The predicted octanol–water partition coefficient (Wildman–Crippen LogP) is 3.40. The first-order chi connectivity index (χ1) is 8.60. The highest BCUT2D eigenvalue weighted by Crippen LogP contribution is 2.24. The number of nitrogen functional groups attached to an aromatic ring is 1. The molecule has 0 atom stereocenters. The van der Waals surface area contributed by atoms with Gasteiger partial charge in [-0.2, -0.15) is 0 Å². The minimum Gasteiger partial charge on any atom is -0.396 e. The fourth-order valence-corrected chi connectivity index (χ4v) is 1.83. The van der Waals surface area contributed by atoms with Crippen LogP contribution >= 0.6 is 0 Å². The monoisotopic (exact) mass is 240 g/mol. The molecule has 1 aromatic carbocycles. The maximum Gasteiger partial charge on any atom is 0.154 e. The third kappa shape index (κ3) is 2.62. The van der Waals surface area contributed by atoms with E-state index in [4.69, 9.17) is 5.73 Å². The molecule has 0 aliphatic carbocycles. The number of anilines is 3. The number of nitrogens with two attached hydrogens (primary N) is 1. The van der Waals surface area contributed by atoms with Crippen molar-refractivity contribution in [2.75, 3.05) is 11.1 Å². The molecule has 1 aromatic heterocycles. The molecule has 93 valence electrons. The first kappa shape index (κ1) is 12.4. The molecule has 2 aromatic rings. The Bertz CT molecular complexity index is 544. The Morgan fingerprint density at radius 1 is 1.22 bits per heavy atom. The van der Waals surface area contributed by atoms with E-state index in [0.717, 1.165) is 29.2 Å². The highest BCUT2D eigenvalue weighted by molar-refractivity contribution is 5.71. The molecule has 0 aliphatic heterocycles. The number of aromatic nitrogens is 1. The van der Waals surface area contributed by atoms with Gasteiger partial charge in [0.25, 0.3) is 0 Å². The van der Waals surface area contributed by atoms with Crippen molar-refractivity contribution in [2.45, 2.75) is 20.3 Å². The molecule has 0 saturated carbocycles. The van der Waals surface area contributed by atoms with E-state index in [2.05, 4.69) is 17.2 Å². The molecule has 1 heterocycles.